The van der Waals surface area contributed by atoms with Crippen molar-refractivity contribution >= 4 is 5.97 Å². The number of hydrogen-bond donors (Lipinski definition) is 1. The number of rotatable bonds is 4. The van der Waals surface area contributed by atoms with Crippen LogP contribution in [0.5, 0.6) is 0 Å². The Morgan fingerprint density at radius 2 is 2.07 bits per heavy atom. The minimum absolute atomic E-state index is 0.153. The average Bonchev–Trinajstić information content (AvgIpc) is 2.99. The van der Waals surface area contributed by atoms with Crippen molar-refractivity contribution in [3.63, 3.8) is 0 Å². The third kappa shape index (κ3) is 2.28. The van der Waals surface area contributed by atoms with Gasteiger partial charge in [-0.15, -0.1) is 0 Å². The summed E-state index contributed by atoms with van der Waals surface area (Å²) < 4.78 is 0. The van der Waals surface area contributed by atoms with Gasteiger partial charge in [0, 0.05) is 18.8 Å². The van der Waals surface area contributed by atoms with Crippen molar-refractivity contribution in [2.75, 3.05) is 0 Å². The molecule has 1 aliphatic carbocycles. The first-order chi connectivity index (χ1) is 6.75. The Bertz CT molecular complexity index is 330. The number of carboxylic acids is 1. The van der Waals surface area contributed by atoms with Gasteiger partial charge in [0.25, 0.3) is 0 Å². The van der Waals surface area contributed by atoms with Gasteiger partial charge < -0.3 is 5.11 Å². The second kappa shape index (κ2) is 3.74. The second-order valence-corrected chi connectivity index (χ2v) is 3.68. The van der Waals surface area contributed by atoms with Gasteiger partial charge in [0.1, 0.15) is 5.82 Å². The van der Waals surface area contributed by atoms with Gasteiger partial charge in [-0.3, -0.25) is 0 Å². The van der Waals surface area contributed by atoms with Crippen LogP contribution in [0.4, 0.5) is 0 Å². The Morgan fingerprint density at radius 3 is 2.57 bits per heavy atom. The molecular formula is C10H12N2O2. The molecule has 0 bridgehead atoms. The van der Waals surface area contributed by atoms with Crippen LogP contribution in [0.3, 0.4) is 0 Å². The van der Waals surface area contributed by atoms with Gasteiger partial charge >= 0.3 is 5.97 Å². The van der Waals surface area contributed by atoms with Crippen molar-refractivity contribution in [3.05, 3.63) is 23.8 Å². The van der Waals surface area contributed by atoms with E-state index < -0.39 is 5.97 Å². The van der Waals surface area contributed by atoms with Gasteiger partial charge in [-0.2, -0.15) is 0 Å². The lowest BCUT2D eigenvalue weighted by Gasteiger charge is -1.98. The van der Waals surface area contributed by atoms with Crippen molar-refractivity contribution in [2.45, 2.75) is 25.7 Å². The van der Waals surface area contributed by atoms with Crippen molar-refractivity contribution < 1.29 is 9.90 Å². The van der Waals surface area contributed by atoms with Crippen LogP contribution in [0.2, 0.25) is 0 Å². The summed E-state index contributed by atoms with van der Waals surface area (Å²) in [7, 11) is 0. The normalized spacial score (nSPS) is 15.4. The Kier molecular flexibility index (Phi) is 2.43. The molecule has 1 aromatic heterocycles. The number of nitrogens with zero attached hydrogens (tertiary/aromatic N) is 2. The molecule has 74 valence electrons. The first kappa shape index (κ1) is 9.12. The highest BCUT2D eigenvalue weighted by Gasteiger charge is 2.20. The molecule has 1 N–H and O–H groups in total. The van der Waals surface area contributed by atoms with Gasteiger partial charge in [0.05, 0.1) is 5.56 Å². The maximum Gasteiger partial charge on any atom is 0.338 e. The molecule has 0 radical (unpaired) electrons. The van der Waals surface area contributed by atoms with Crippen LogP contribution >= 0.6 is 0 Å². The molecule has 0 aliphatic heterocycles. The zero-order valence-electron chi connectivity index (χ0n) is 7.81. The second-order valence-electron chi connectivity index (χ2n) is 3.68. The Hall–Kier alpha value is -1.45. The van der Waals surface area contributed by atoms with Crippen LogP contribution < -0.4 is 0 Å². The van der Waals surface area contributed by atoms with Gasteiger partial charge in [-0.25, -0.2) is 14.8 Å². The predicted octanol–water partition coefficient (Wildman–Crippen LogP) is 1.52. The van der Waals surface area contributed by atoms with E-state index in [1.165, 1.54) is 25.2 Å². The van der Waals surface area contributed by atoms with E-state index in [-0.39, 0.29) is 5.56 Å². The topological polar surface area (TPSA) is 63.1 Å². The van der Waals surface area contributed by atoms with Crippen LogP contribution in [0.15, 0.2) is 12.4 Å². The van der Waals surface area contributed by atoms with E-state index in [4.69, 9.17) is 5.11 Å². The number of aryl methyl sites for hydroxylation is 1. The maximum atomic E-state index is 10.5. The van der Waals surface area contributed by atoms with E-state index in [9.17, 15) is 4.79 Å². The van der Waals surface area contributed by atoms with Gasteiger partial charge in [0.15, 0.2) is 0 Å². The summed E-state index contributed by atoms with van der Waals surface area (Å²) in [5.74, 6) is 0.637. The standard InChI is InChI=1S/C10H12N2O2/c13-10(14)8-5-11-9(12-6-8)4-3-7-1-2-7/h5-7H,1-4H2,(H,13,14). The Labute approximate surface area is 82.0 Å². The molecule has 1 aliphatic rings. The summed E-state index contributed by atoms with van der Waals surface area (Å²) in [4.78, 5) is 18.5. The summed E-state index contributed by atoms with van der Waals surface area (Å²) in [5, 5.41) is 8.62. The number of carbonyl (C=O) groups is 1. The lowest BCUT2D eigenvalue weighted by molar-refractivity contribution is 0.0696. The highest BCUT2D eigenvalue weighted by molar-refractivity contribution is 5.86. The van der Waals surface area contributed by atoms with Crippen molar-refractivity contribution in [1.29, 1.82) is 0 Å². The van der Waals surface area contributed by atoms with Gasteiger partial charge in [-0.05, 0) is 12.3 Å². The fourth-order valence-electron chi connectivity index (χ4n) is 1.33. The van der Waals surface area contributed by atoms with Crippen molar-refractivity contribution in [1.82, 2.24) is 9.97 Å². The lowest BCUT2D eigenvalue weighted by Crippen LogP contribution is -2.02. The van der Waals surface area contributed by atoms with E-state index in [0.29, 0.717) is 0 Å². The third-order valence-corrected chi connectivity index (χ3v) is 2.43. The van der Waals surface area contributed by atoms with E-state index in [0.717, 1.165) is 24.6 Å². The van der Waals surface area contributed by atoms with E-state index in [1.54, 1.807) is 0 Å². The Balaban J connectivity index is 1.94. The number of aromatic carboxylic acids is 1. The summed E-state index contributed by atoms with van der Waals surface area (Å²) in [6, 6.07) is 0. The van der Waals surface area contributed by atoms with Crippen LogP contribution in [0, 0.1) is 5.92 Å². The van der Waals surface area contributed by atoms with E-state index >= 15 is 0 Å². The summed E-state index contributed by atoms with van der Waals surface area (Å²) in [5.41, 5.74) is 0.153. The molecule has 4 nitrogen and oxygen atoms in total. The molecule has 0 amide bonds. The highest BCUT2D eigenvalue weighted by Crippen LogP contribution is 2.32. The quantitative estimate of drug-likeness (QED) is 0.785. The summed E-state index contributed by atoms with van der Waals surface area (Å²) >= 11 is 0. The van der Waals surface area contributed by atoms with Gasteiger partial charge in [0.2, 0.25) is 0 Å². The van der Waals surface area contributed by atoms with E-state index in [2.05, 4.69) is 9.97 Å². The molecule has 0 atom stereocenters. The van der Waals surface area contributed by atoms with E-state index in [1.807, 2.05) is 0 Å². The molecule has 0 spiro atoms. The molecule has 0 unspecified atom stereocenters. The monoisotopic (exact) mass is 192 g/mol. The zero-order valence-corrected chi connectivity index (χ0v) is 7.81. The van der Waals surface area contributed by atoms with Crippen LogP contribution in [-0.2, 0) is 6.42 Å². The zero-order chi connectivity index (χ0) is 9.97. The van der Waals surface area contributed by atoms with Crippen LogP contribution in [-0.4, -0.2) is 21.0 Å². The molecule has 0 aromatic carbocycles. The molecule has 1 heterocycles. The first-order valence-electron chi connectivity index (χ1n) is 4.80. The summed E-state index contributed by atoms with van der Waals surface area (Å²) in [6.07, 6.45) is 7.40. The van der Waals surface area contributed by atoms with Crippen molar-refractivity contribution in [2.24, 2.45) is 5.92 Å². The van der Waals surface area contributed by atoms with Gasteiger partial charge in [-0.1, -0.05) is 12.8 Å². The number of aromatic nitrogens is 2. The summed E-state index contributed by atoms with van der Waals surface area (Å²) in [6.45, 7) is 0. The average molecular weight is 192 g/mol. The third-order valence-electron chi connectivity index (χ3n) is 2.43. The number of hydrogen-bond acceptors (Lipinski definition) is 3. The van der Waals surface area contributed by atoms with Crippen molar-refractivity contribution in [3.8, 4) is 0 Å². The SMILES string of the molecule is O=C(O)c1cnc(CCC2CC2)nc1. The molecule has 1 saturated carbocycles. The lowest BCUT2D eigenvalue weighted by atomic mass is 10.2. The first-order valence-corrected chi connectivity index (χ1v) is 4.80. The minimum atomic E-state index is -0.973. The maximum absolute atomic E-state index is 10.5. The molecule has 0 saturated heterocycles. The number of carboxylic acid groups (broad SMARTS) is 1. The fraction of sp³-hybridized carbons (Fsp3) is 0.500. The Morgan fingerprint density at radius 1 is 1.43 bits per heavy atom. The smallest absolute Gasteiger partial charge is 0.338 e. The largest absolute Gasteiger partial charge is 0.478 e. The molecule has 1 fully saturated rings. The predicted molar refractivity (Wildman–Crippen MR) is 50.0 cm³/mol. The molecule has 14 heavy (non-hydrogen) atoms. The van der Waals surface area contributed by atoms with Crippen LogP contribution in [0.25, 0.3) is 0 Å². The molecular weight excluding hydrogens is 180 g/mol. The van der Waals surface area contributed by atoms with Crippen LogP contribution in [0.1, 0.15) is 35.4 Å². The fourth-order valence-corrected chi connectivity index (χ4v) is 1.33. The molecule has 4 heteroatoms. The molecule has 1 aromatic rings. The minimum Gasteiger partial charge on any atom is -0.478 e. The molecule has 2 rings (SSSR count). The highest BCUT2D eigenvalue weighted by atomic mass is 16.4.